The Bertz CT molecular complexity index is 470. The summed E-state index contributed by atoms with van der Waals surface area (Å²) >= 11 is 0. The number of carbonyl (C=O) groups excluding carboxylic acids is 1. The van der Waals surface area contributed by atoms with E-state index in [1.54, 1.807) is 19.3 Å². The first-order chi connectivity index (χ1) is 10.7. The Morgan fingerprint density at radius 1 is 1.23 bits per heavy atom. The van der Waals surface area contributed by atoms with Crippen LogP contribution in [0.3, 0.4) is 0 Å². The topological polar surface area (TPSA) is 78.4 Å². The lowest BCUT2D eigenvalue weighted by molar-refractivity contribution is -0.116. The van der Waals surface area contributed by atoms with Crippen LogP contribution in [0.4, 0.5) is 5.82 Å². The standard InChI is InChI=1S/C16H27N5O/c1-4-5-6-10-18-16(17-3)19-11-9-15(22)21-14-8-7-13(2)12-20-14/h7-8,12H,4-6,9-11H2,1-3H3,(H2,17,18,19)(H,20,21,22). The number of aliphatic imine (C=N–C) groups is 1. The molecule has 0 aliphatic rings. The van der Waals surface area contributed by atoms with Crippen LogP contribution in [0.1, 0.15) is 38.2 Å². The predicted molar refractivity (Wildman–Crippen MR) is 91.1 cm³/mol. The van der Waals surface area contributed by atoms with E-state index in [0.717, 1.165) is 24.5 Å². The van der Waals surface area contributed by atoms with Crippen LogP contribution < -0.4 is 16.0 Å². The van der Waals surface area contributed by atoms with Gasteiger partial charge in [0.05, 0.1) is 0 Å². The zero-order valence-corrected chi connectivity index (χ0v) is 13.8. The van der Waals surface area contributed by atoms with Crippen molar-refractivity contribution >= 4 is 17.7 Å². The van der Waals surface area contributed by atoms with Crippen molar-refractivity contribution in [3.8, 4) is 0 Å². The van der Waals surface area contributed by atoms with Crippen molar-refractivity contribution < 1.29 is 4.79 Å². The Morgan fingerprint density at radius 2 is 2.00 bits per heavy atom. The summed E-state index contributed by atoms with van der Waals surface area (Å²) in [5, 5.41) is 9.13. The first-order valence-electron chi connectivity index (χ1n) is 7.82. The highest BCUT2D eigenvalue weighted by atomic mass is 16.1. The molecule has 0 saturated heterocycles. The minimum atomic E-state index is -0.0645. The molecule has 1 amide bonds. The Labute approximate surface area is 132 Å². The van der Waals surface area contributed by atoms with Gasteiger partial charge in [0.1, 0.15) is 5.82 Å². The number of aryl methyl sites for hydroxylation is 1. The average Bonchev–Trinajstić information content (AvgIpc) is 2.52. The van der Waals surface area contributed by atoms with E-state index in [1.807, 2.05) is 13.0 Å². The third kappa shape index (κ3) is 7.61. The van der Waals surface area contributed by atoms with Gasteiger partial charge in [0.15, 0.2) is 5.96 Å². The van der Waals surface area contributed by atoms with E-state index in [1.165, 1.54) is 12.8 Å². The van der Waals surface area contributed by atoms with Gasteiger partial charge < -0.3 is 16.0 Å². The second-order valence-electron chi connectivity index (χ2n) is 5.15. The van der Waals surface area contributed by atoms with E-state index in [4.69, 9.17) is 0 Å². The number of nitrogens with zero attached hydrogens (tertiary/aromatic N) is 2. The van der Waals surface area contributed by atoms with Crippen molar-refractivity contribution in [2.75, 3.05) is 25.5 Å². The maximum Gasteiger partial charge on any atom is 0.227 e. The summed E-state index contributed by atoms with van der Waals surface area (Å²) in [7, 11) is 1.73. The predicted octanol–water partition coefficient (Wildman–Crippen LogP) is 2.07. The molecule has 6 heteroatoms. The van der Waals surface area contributed by atoms with E-state index < -0.39 is 0 Å². The van der Waals surface area contributed by atoms with Gasteiger partial charge in [-0.15, -0.1) is 0 Å². The van der Waals surface area contributed by atoms with Crippen LogP contribution in [-0.4, -0.2) is 37.0 Å². The summed E-state index contributed by atoms with van der Waals surface area (Å²) in [6.45, 7) is 5.56. The Balaban J connectivity index is 2.21. The van der Waals surface area contributed by atoms with Gasteiger partial charge >= 0.3 is 0 Å². The van der Waals surface area contributed by atoms with E-state index in [2.05, 4.69) is 32.9 Å². The van der Waals surface area contributed by atoms with E-state index >= 15 is 0 Å². The van der Waals surface area contributed by atoms with Crippen molar-refractivity contribution in [2.24, 2.45) is 4.99 Å². The number of aromatic nitrogens is 1. The average molecular weight is 305 g/mol. The largest absolute Gasteiger partial charge is 0.356 e. The molecule has 1 heterocycles. The number of anilines is 1. The van der Waals surface area contributed by atoms with Gasteiger partial charge in [-0.05, 0) is 25.0 Å². The lowest BCUT2D eigenvalue weighted by Crippen LogP contribution is -2.39. The first-order valence-corrected chi connectivity index (χ1v) is 7.82. The van der Waals surface area contributed by atoms with Crippen LogP contribution in [0.2, 0.25) is 0 Å². The zero-order valence-electron chi connectivity index (χ0n) is 13.8. The summed E-state index contributed by atoms with van der Waals surface area (Å²) in [5.74, 6) is 1.25. The van der Waals surface area contributed by atoms with Crippen LogP contribution in [0.15, 0.2) is 23.3 Å². The molecule has 1 aromatic heterocycles. The lowest BCUT2D eigenvalue weighted by atomic mass is 10.2. The summed E-state index contributed by atoms with van der Waals surface area (Å²) < 4.78 is 0. The number of rotatable bonds is 8. The molecule has 0 aromatic carbocycles. The van der Waals surface area contributed by atoms with E-state index in [-0.39, 0.29) is 5.91 Å². The van der Waals surface area contributed by atoms with Crippen LogP contribution in [0.25, 0.3) is 0 Å². The Kier molecular flexibility index (Phi) is 8.64. The molecule has 0 fully saturated rings. The quantitative estimate of drug-likeness (QED) is 0.390. The van der Waals surface area contributed by atoms with Gasteiger partial charge in [0, 0.05) is 32.8 Å². The highest BCUT2D eigenvalue weighted by Gasteiger charge is 2.04. The van der Waals surface area contributed by atoms with Crippen LogP contribution >= 0.6 is 0 Å². The second kappa shape index (κ2) is 10.6. The van der Waals surface area contributed by atoms with Crippen molar-refractivity contribution in [1.82, 2.24) is 15.6 Å². The van der Waals surface area contributed by atoms with Gasteiger partial charge in [-0.25, -0.2) is 4.98 Å². The molecule has 0 unspecified atom stereocenters. The van der Waals surface area contributed by atoms with Crippen molar-refractivity contribution in [3.05, 3.63) is 23.9 Å². The molecular formula is C16H27N5O. The summed E-state index contributed by atoms with van der Waals surface area (Å²) in [6, 6.07) is 3.72. The SMILES string of the molecule is CCCCCNC(=NC)NCCC(=O)Nc1ccc(C)cn1. The molecule has 122 valence electrons. The summed E-state index contributed by atoms with van der Waals surface area (Å²) in [4.78, 5) is 20.1. The molecule has 3 N–H and O–H groups in total. The Hall–Kier alpha value is -2.11. The minimum absolute atomic E-state index is 0.0645. The molecule has 0 aliphatic carbocycles. The van der Waals surface area contributed by atoms with Gasteiger partial charge in [0.25, 0.3) is 0 Å². The van der Waals surface area contributed by atoms with Crippen molar-refractivity contribution in [1.29, 1.82) is 0 Å². The third-order valence-corrected chi connectivity index (χ3v) is 3.12. The molecule has 0 bridgehead atoms. The minimum Gasteiger partial charge on any atom is -0.356 e. The number of guanidine groups is 1. The molecule has 1 rings (SSSR count). The third-order valence-electron chi connectivity index (χ3n) is 3.12. The van der Waals surface area contributed by atoms with E-state index in [9.17, 15) is 4.79 Å². The fourth-order valence-corrected chi connectivity index (χ4v) is 1.84. The van der Waals surface area contributed by atoms with Crippen molar-refractivity contribution in [3.63, 3.8) is 0 Å². The van der Waals surface area contributed by atoms with Crippen LogP contribution in [-0.2, 0) is 4.79 Å². The monoisotopic (exact) mass is 305 g/mol. The lowest BCUT2D eigenvalue weighted by Gasteiger charge is -2.11. The normalized spacial score (nSPS) is 11.1. The second-order valence-corrected chi connectivity index (χ2v) is 5.15. The summed E-state index contributed by atoms with van der Waals surface area (Å²) in [6.07, 6.45) is 5.62. The van der Waals surface area contributed by atoms with E-state index in [0.29, 0.717) is 18.8 Å². The maximum absolute atomic E-state index is 11.8. The first kappa shape index (κ1) is 17.9. The number of nitrogens with one attached hydrogen (secondary N) is 3. The van der Waals surface area contributed by atoms with Gasteiger partial charge in [-0.1, -0.05) is 25.8 Å². The summed E-state index contributed by atoms with van der Waals surface area (Å²) in [5.41, 5.74) is 1.07. The fraction of sp³-hybridized carbons (Fsp3) is 0.562. The van der Waals surface area contributed by atoms with Gasteiger partial charge in [0.2, 0.25) is 5.91 Å². The molecule has 0 aliphatic heterocycles. The smallest absolute Gasteiger partial charge is 0.227 e. The number of pyridine rings is 1. The highest BCUT2D eigenvalue weighted by molar-refractivity contribution is 5.90. The molecular weight excluding hydrogens is 278 g/mol. The zero-order chi connectivity index (χ0) is 16.2. The van der Waals surface area contributed by atoms with Gasteiger partial charge in [-0.3, -0.25) is 9.79 Å². The molecule has 0 atom stereocenters. The molecule has 0 spiro atoms. The molecule has 0 radical (unpaired) electrons. The number of amides is 1. The molecule has 22 heavy (non-hydrogen) atoms. The van der Waals surface area contributed by atoms with Gasteiger partial charge in [-0.2, -0.15) is 0 Å². The van der Waals surface area contributed by atoms with Crippen LogP contribution in [0, 0.1) is 6.92 Å². The molecule has 0 saturated carbocycles. The number of hydrogen-bond acceptors (Lipinski definition) is 3. The van der Waals surface area contributed by atoms with Crippen LogP contribution in [0.5, 0.6) is 0 Å². The molecule has 1 aromatic rings. The number of hydrogen-bond donors (Lipinski definition) is 3. The Morgan fingerprint density at radius 3 is 2.64 bits per heavy atom. The van der Waals surface area contributed by atoms with Crippen molar-refractivity contribution in [2.45, 2.75) is 39.5 Å². The number of unbranched alkanes of at least 4 members (excludes halogenated alkanes) is 2. The molecule has 6 nitrogen and oxygen atoms in total. The maximum atomic E-state index is 11.8. The number of carbonyl (C=O) groups is 1. The highest BCUT2D eigenvalue weighted by Crippen LogP contribution is 2.03. The fourth-order valence-electron chi connectivity index (χ4n) is 1.84.